The Hall–Kier alpha value is -0.910. The maximum Gasteiger partial charge on any atom is 0.251 e. The van der Waals surface area contributed by atoms with Crippen LogP contribution in [0.3, 0.4) is 0 Å². The molecule has 0 radical (unpaired) electrons. The van der Waals surface area contributed by atoms with Crippen molar-refractivity contribution >= 4 is 44.8 Å². The normalized spacial score (nSPS) is 10.4. The summed E-state index contributed by atoms with van der Waals surface area (Å²) < 4.78 is 0.783. The van der Waals surface area contributed by atoms with E-state index >= 15 is 0 Å². The number of hydrogen-bond acceptors (Lipinski definition) is 3. The van der Waals surface area contributed by atoms with Gasteiger partial charge in [0.15, 0.2) is 0 Å². The summed E-state index contributed by atoms with van der Waals surface area (Å²) in [5, 5.41) is 6.19. The quantitative estimate of drug-likeness (QED) is 0.919. The van der Waals surface area contributed by atoms with Gasteiger partial charge in [0.25, 0.3) is 5.91 Å². The fraction of sp³-hybridized carbons (Fsp3) is 0.167. The molecule has 1 aromatic carbocycles. The lowest BCUT2D eigenvalue weighted by atomic mass is 10.2. The Kier molecular flexibility index (Phi) is 4.37. The Morgan fingerprint density at radius 2 is 2.28 bits per heavy atom. The number of carbonyl (C=O) groups excluding carboxylic acids is 1. The van der Waals surface area contributed by atoms with Gasteiger partial charge in [-0.3, -0.25) is 4.79 Å². The molecule has 0 fully saturated rings. The van der Waals surface area contributed by atoms with Crippen LogP contribution in [0, 0.1) is 6.92 Å². The van der Waals surface area contributed by atoms with Crippen LogP contribution in [0.5, 0.6) is 0 Å². The third kappa shape index (κ3) is 3.54. The third-order valence-electron chi connectivity index (χ3n) is 2.19. The van der Waals surface area contributed by atoms with E-state index in [2.05, 4.69) is 26.2 Å². The predicted octanol–water partition coefficient (Wildman–Crippen LogP) is 3.80. The molecule has 3 nitrogen and oxygen atoms in total. The summed E-state index contributed by atoms with van der Waals surface area (Å²) >= 11 is 10.7. The molecule has 1 N–H and O–H groups in total. The smallest absolute Gasteiger partial charge is 0.251 e. The van der Waals surface area contributed by atoms with Crippen LogP contribution < -0.4 is 5.32 Å². The van der Waals surface area contributed by atoms with Crippen LogP contribution in [0.1, 0.15) is 21.1 Å². The van der Waals surface area contributed by atoms with Gasteiger partial charge in [0.05, 0.1) is 6.54 Å². The zero-order valence-electron chi connectivity index (χ0n) is 9.54. The van der Waals surface area contributed by atoms with Crippen molar-refractivity contribution in [3.05, 3.63) is 49.3 Å². The van der Waals surface area contributed by atoms with Crippen molar-refractivity contribution in [1.29, 1.82) is 0 Å². The number of amides is 1. The Morgan fingerprint density at radius 1 is 1.50 bits per heavy atom. The number of halogens is 2. The molecule has 2 rings (SSSR count). The number of hydrogen-bond donors (Lipinski definition) is 1. The van der Waals surface area contributed by atoms with Crippen molar-refractivity contribution in [3.63, 3.8) is 0 Å². The van der Waals surface area contributed by atoms with E-state index in [0.717, 1.165) is 15.2 Å². The number of rotatable bonds is 3. The molecule has 0 bridgehead atoms. The van der Waals surface area contributed by atoms with E-state index in [0.29, 0.717) is 17.1 Å². The molecule has 1 amide bonds. The largest absolute Gasteiger partial charge is 0.346 e. The Balaban J connectivity index is 2.03. The van der Waals surface area contributed by atoms with Crippen LogP contribution in [0.15, 0.2) is 28.1 Å². The first kappa shape index (κ1) is 13.5. The zero-order valence-corrected chi connectivity index (χ0v) is 12.7. The van der Waals surface area contributed by atoms with Crippen LogP contribution in [0.4, 0.5) is 0 Å². The molecule has 0 aliphatic heterocycles. The summed E-state index contributed by atoms with van der Waals surface area (Å²) in [4.78, 5) is 16.2. The first-order chi connectivity index (χ1) is 8.54. The highest BCUT2D eigenvalue weighted by molar-refractivity contribution is 9.10. The van der Waals surface area contributed by atoms with Crippen LogP contribution >= 0.6 is 38.9 Å². The highest BCUT2D eigenvalue weighted by Gasteiger charge is 2.08. The first-order valence-corrected chi connectivity index (χ1v) is 7.25. The van der Waals surface area contributed by atoms with Gasteiger partial charge in [0, 0.05) is 26.1 Å². The number of aromatic nitrogens is 1. The van der Waals surface area contributed by atoms with E-state index in [1.807, 2.05) is 12.3 Å². The van der Waals surface area contributed by atoms with Gasteiger partial charge in [-0.15, -0.1) is 11.3 Å². The van der Waals surface area contributed by atoms with E-state index in [4.69, 9.17) is 11.6 Å². The lowest BCUT2D eigenvalue weighted by Gasteiger charge is -2.04. The van der Waals surface area contributed by atoms with Crippen molar-refractivity contribution < 1.29 is 4.79 Å². The van der Waals surface area contributed by atoms with Gasteiger partial charge in [-0.05, 0) is 25.1 Å². The fourth-order valence-electron chi connectivity index (χ4n) is 1.43. The third-order valence-corrected chi connectivity index (χ3v) is 3.83. The zero-order chi connectivity index (χ0) is 13.1. The molecule has 0 saturated heterocycles. The maximum atomic E-state index is 11.9. The van der Waals surface area contributed by atoms with Gasteiger partial charge in [0.1, 0.15) is 5.01 Å². The van der Waals surface area contributed by atoms with Crippen LogP contribution in [-0.4, -0.2) is 10.9 Å². The molecule has 0 spiro atoms. The van der Waals surface area contributed by atoms with Crippen molar-refractivity contribution in [3.8, 4) is 0 Å². The van der Waals surface area contributed by atoms with Gasteiger partial charge in [0.2, 0.25) is 0 Å². The number of thiazole rings is 1. The summed E-state index contributed by atoms with van der Waals surface area (Å²) in [6.45, 7) is 2.36. The molecule has 0 unspecified atom stereocenters. The lowest BCUT2D eigenvalue weighted by Crippen LogP contribution is -2.22. The number of benzene rings is 1. The number of carbonyl (C=O) groups is 1. The van der Waals surface area contributed by atoms with E-state index in [1.165, 1.54) is 11.3 Å². The minimum Gasteiger partial charge on any atom is -0.346 e. The standard InChI is InChI=1S/C12H10BrClN2OS/c1-7-6-18-11(16-7)5-15-12(17)8-2-9(13)4-10(14)3-8/h2-4,6H,5H2,1H3,(H,15,17). The molecular formula is C12H10BrClN2OS. The van der Waals surface area contributed by atoms with Gasteiger partial charge in [-0.25, -0.2) is 4.98 Å². The average Bonchev–Trinajstić information content (AvgIpc) is 2.70. The minimum atomic E-state index is -0.161. The molecule has 1 heterocycles. The predicted molar refractivity (Wildman–Crippen MR) is 77.2 cm³/mol. The molecule has 0 atom stereocenters. The highest BCUT2D eigenvalue weighted by Crippen LogP contribution is 2.19. The Morgan fingerprint density at radius 3 is 2.89 bits per heavy atom. The lowest BCUT2D eigenvalue weighted by molar-refractivity contribution is 0.0951. The molecule has 0 aliphatic rings. The van der Waals surface area contributed by atoms with Gasteiger partial charge < -0.3 is 5.32 Å². The van der Waals surface area contributed by atoms with Crippen molar-refractivity contribution in [2.24, 2.45) is 0 Å². The molecule has 94 valence electrons. The highest BCUT2D eigenvalue weighted by atomic mass is 79.9. The summed E-state index contributed by atoms with van der Waals surface area (Å²) in [6, 6.07) is 5.10. The number of aryl methyl sites for hydroxylation is 1. The summed E-state index contributed by atoms with van der Waals surface area (Å²) in [5.74, 6) is -0.161. The molecule has 18 heavy (non-hydrogen) atoms. The molecule has 0 saturated carbocycles. The molecule has 0 aliphatic carbocycles. The van der Waals surface area contributed by atoms with Gasteiger partial charge in [-0.1, -0.05) is 27.5 Å². The maximum absolute atomic E-state index is 11.9. The molecular weight excluding hydrogens is 336 g/mol. The second-order valence-electron chi connectivity index (χ2n) is 3.72. The molecule has 1 aromatic heterocycles. The SMILES string of the molecule is Cc1csc(CNC(=O)c2cc(Cl)cc(Br)c2)n1. The van der Waals surface area contributed by atoms with Crippen molar-refractivity contribution in [1.82, 2.24) is 10.3 Å². The molecule has 2 aromatic rings. The first-order valence-electron chi connectivity index (χ1n) is 5.20. The van der Waals surface area contributed by atoms with E-state index in [1.54, 1.807) is 18.2 Å². The molecule has 6 heteroatoms. The summed E-state index contributed by atoms with van der Waals surface area (Å²) in [5.41, 5.74) is 1.50. The summed E-state index contributed by atoms with van der Waals surface area (Å²) in [7, 11) is 0. The van der Waals surface area contributed by atoms with Gasteiger partial charge >= 0.3 is 0 Å². The average molecular weight is 346 g/mol. The van der Waals surface area contributed by atoms with Crippen LogP contribution in [0.2, 0.25) is 5.02 Å². The van der Waals surface area contributed by atoms with E-state index in [-0.39, 0.29) is 5.91 Å². The number of nitrogens with one attached hydrogen (secondary N) is 1. The van der Waals surface area contributed by atoms with Crippen LogP contribution in [-0.2, 0) is 6.54 Å². The second kappa shape index (κ2) is 5.82. The monoisotopic (exact) mass is 344 g/mol. The Labute approximate surface area is 122 Å². The van der Waals surface area contributed by atoms with E-state index in [9.17, 15) is 4.79 Å². The minimum absolute atomic E-state index is 0.161. The van der Waals surface area contributed by atoms with Crippen molar-refractivity contribution in [2.45, 2.75) is 13.5 Å². The Bertz CT molecular complexity index is 565. The second-order valence-corrected chi connectivity index (χ2v) is 6.02. The van der Waals surface area contributed by atoms with Crippen LogP contribution in [0.25, 0.3) is 0 Å². The van der Waals surface area contributed by atoms with Crippen molar-refractivity contribution in [2.75, 3.05) is 0 Å². The summed E-state index contributed by atoms with van der Waals surface area (Å²) in [6.07, 6.45) is 0. The van der Waals surface area contributed by atoms with E-state index < -0.39 is 0 Å². The topological polar surface area (TPSA) is 42.0 Å². The number of nitrogens with zero attached hydrogens (tertiary/aromatic N) is 1. The fourth-order valence-corrected chi connectivity index (χ4v) is 3.00. The van der Waals surface area contributed by atoms with Gasteiger partial charge in [-0.2, -0.15) is 0 Å².